The van der Waals surface area contributed by atoms with E-state index in [0.717, 1.165) is 18.9 Å². The Bertz CT molecular complexity index is 167. The summed E-state index contributed by atoms with van der Waals surface area (Å²) < 4.78 is 5.62. The van der Waals surface area contributed by atoms with E-state index in [1.165, 1.54) is 0 Å². The lowest BCUT2D eigenvalue weighted by atomic mass is 9.97. The van der Waals surface area contributed by atoms with Crippen LogP contribution in [0.25, 0.3) is 0 Å². The van der Waals surface area contributed by atoms with Crippen molar-refractivity contribution in [3.05, 3.63) is 0 Å². The molecule has 1 rings (SSSR count). The summed E-state index contributed by atoms with van der Waals surface area (Å²) in [7, 11) is 0. The Morgan fingerprint density at radius 2 is 2.18 bits per heavy atom. The first-order valence-corrected chi connectivity index (χ1v) is 4.25. The van der Waals surface area contributed by atoms with Gasteiger partial charge in [-0.25, -0.2) is 0 Å². The molecule has 0 fully saturated rings. The van der Waals surface area contributed by atoms with Crippen LogP contribution in [0.15, 0.2) is 4.99 Å². The van der Waals surface area contributed by atoms with Crippen molar-refractivity contribution in [2.45, 2.75) is 40.2 Å². The molecule has 1 aliphatic heterocycles. The van der Waals surface area contributed by atoms with Crippen molar-refractivity contribution in [3.63, 3.8) is 0 Å². The Morgan fingerprint density at radius 1 is 1.55 bits per heavy atom. The van der Waals surface area contributed by atoms with Gasteiger partial charge in [0.1, 0.15) is 6.10 Å². The Kier molecular flexibility index (Phi) is 2.21. The van der Waals surface area contributed by atoms with Gasteiger partial charge in [-0.05, 0) is 6.42 Å². The van der Waals surface area contributed by atoms with Gasteiger partial charge in [0, 0.05) is 5.41 Å². The normalized spacial score (nSPS) is 24.7. The van der Waals surface area contributed by atoms with E-state index >= 15 is 0 Å². The van der Waals surface area contributed by atoms with Crippen molar-refractivity contribution in [2.24, 2.45) is 10.4 Å². The predicted octanol–water partition coefficient (Wildman–Crippen LogP) is 2.24. The molecule has 11 heavy (non-hydrogen) atoms. The van der Waals surface area contributed by atoms with E-state index in [1.807, 2.05) is 0 Å². The van der Waals surface area contributed by atoms with E-state index in [-0.39, 0.29) is 5.41 Å². The molecule has 0 amide bonds. The number of aliphatic imine (C=N–C) groups is 1. The van der Waals surface area contributed by atoms with Crippen LogP contribution in [0.2, 0.25) is 0 Å². The van der Waals surface area contributed by atoms with Gasteiger partial charge in [-0.1, -0.05) is 27.7 Å². The highest BCUT2D eigenvalue weighted by Gasteiger charge is 2.27. The van der Waals surface area contributed by atoms with Gasteiger partial charge in [0.2, 0.25) is 0 Å². The summed E-state index contributed by atoms with van der Waals surface area (Å²) >= 11 is 0. The number of hydrogen-bond acceptors (Lipinski definition) is 2. The van der Waals surface area contributed by atoms with Crippen molar-refractivity contribution in [3.8, 4) is 0 Å². The first kappa shape index (κ1) is 8.57. The van der Waals surface area contributed by atoms with Gasteiger partial charge >= 0.3 is 0 Å². The second-order valence-electron chi connectivity index (χ2n) is 4.04. The van der Waals surface area contributed by atoms with Gasteiger partial charge in [0.15, 0.2) is 5.90 Å². The van der Waals surface area contributed by atoms with Gasteiger partial charge in [0.25, 0.3) is 0 Å². The molecule has 0 radical (unpaired) electrons. The SMILES string of the molecule is CCC1CN=C(C(C)(C)C)O1. The first-order valence-electron chi connectivity index (χ1n) is 4.25. The summed E-state index contributed by atoms with van der Waals surface area (Å²) in [6.45, 7) is 9.37. The van der Waals surface area contributed by atoms with Crippen LogP contribution >= 0.6 is 0 Å². The van der Waals surface area contributed by atoms with Crippen molar-refractivity contribution < 1.29 is 4.74 Å². The van der Waals surface area contributed by atoms with Crippen LogP contribution in [-0.4, -0.2) is 18.5 Å². The second kappa shape index (κ2) is 2.84. The smallest absolute Gasteiger partial charge is 0.189 e. The van der Waals surface area contributed by atoms with Gasteiger partial charge in [-0.2, -0.15) is 0 Å². The van der Waals surface area contributed by atoms with E-state index in [4.69, 9.17) is 4.74 Å². The summed E-state index contributed by atoms with van der Waals surface area (Å²) in [6, 6.07) is 0. The van der Waals surface area contributed by atoms with E-state index in [1.54, 1.807) is 0 Å². The van der Waals surface area contributed by atoms with Crippen molar-refractivity contribution in [1.29, 1.82) is 0 Å². The third-order valence-electron chi connectivity index (χ3n) is 1.81. The van der Waals surface area contributed by atoms with Gasteiger partial charge in [-0.15, -0.1) is 0 Å². The quantitative estimate of drug-likeness (QED) is 0.569. The standard InChI is InChI=1S/C9H17NO/c1-5-7-6-10-8(11-7)9(2,3)4/h7H,5-6H2,1-4H3. The van der Waals surface area contributed by atoms with Crippen LogP contribution in [-0.2, 0) is 4.74 Å². The zero-order valence-corrected chi connectivity index (χ0v) is 7.85. The first-order chi connectivity index (χ1) is 5.04. The summed E-state index contributed by atoms with van der Waals surface area (Å²) in [5.41, 5.74) is 0.0872. The fraction of sp³-hybridized carbons (Fsp3) is 0.889. The highest BCUT2D eigenvalue weighted by molar-refractivity contribution is 5.82. The van der Waals surface area contributed by atoms with Gasteiger partial charge in [0.05, 0.1) is 6.54 Å². The molecule has 0 N–H and O–H groups in total. The highest BCUT2D eigenvalue weighted by atomic mass is 16.5. The molecule has 0 aliphatic carbocycles. The summed E-state index contributed by atoms with van der Waals surface area (Å²) in [5, 5.41) is 0. The molecular weight excluding hydrogens is 138 g/mol. The van der Waals surface area contributed by atoms with Crippen LogP contribution in [0.1, 0.15) is 34.1 Å². The van der Waals surface area contributed by atoms with Crippen LogP contribution in [0.3, 0.4) is 0 Å². The van der Waals surface area contributed by atoms with Crippen LogP contribution in [0.5, 0.6) is 0 Å². The lowest BCUT2D eigenvalue weighted by Crippen LogP contribution is -2.23. The van der Waals surface area contributed by atoms with Gasteiger partial charge in [-0.3, -0.25) is 4.99 Å². The third kappa shape index (κ3) is 1.95. The molecule has 1 atom stereocenters. The highest BCUT2D eigenvalue weighted by Crippen LogP contribution is 2.22. The molecular formula is C9H17NO. The average molecular weight is 155 g/mol. The molecule has 64 valence electrons. The van der Waals surface area contributed by atoms with Crippen molar-refractivity contribution in [2.75, 3.05) is 6.54 Å². The van der Waals surface area contributed by atoms with E-state index in [9.17, 15) is 0 Å². The molecule has 0 aromatic rings. The largest absolute Gasteiger partial charge is 0.475 e. The number of ether oxygens (including phenoxy) is 1. The maximum absolute atomic E-state index is 5.62. The van der Waals surface area contributed by atoms with Crippen molar-refractivity contribution >= 4 is 5.90 Å². The molecule has 0 aromatic carbocycles. The Labute approximate surface area is 68.7 Å². The van der Waals surface area contributed by atoms with Crippen molar-refractivity contribution in [1.82, 2.24) is 0 Å². The predicted molar refractivity (Wildman–Crippen MR) is 46.9 cm³/mol. The summed E-state index contributed by atoms with van der Waals surface area (Å²) in [6.07, 6.45) is 1.40. The average Bonchev–Trinajstić information content (AvgIpc) is 2.32. The maximum atomic E-state index is 5.62. The monoisotopic (exact) mass is 155 g/mol. The molecule has 2 nitrogen and oxygen atoms in total. The zero-order valence-electron chi connectivity index (χ0n) is 7.85. The number of rotatable bonds is 1. The molecule has 0 spiro atoms. The maximum Gasteiger partial charge on any atom is 0.189 e. The van der Waals surface area contributed by atoms with Crippen LogP contribution < -0.4 is 0 Å². The molecule has 1 heterocycles. The van der Waals surface area contributed by atoms with E-state index < -0.39 is 0 Å². The minimum atomic E-state index is 0.0872. The molecule has 1 unspecified atom stereocenters. The fourth-order valence-electron chi connectivity index (χ4n) is 1.04. The van der Waals surface area contributed by atoms with Gasteiger partial charge < -0.3 is 4.74 Å². The Balaban J connectivity index is 2.53. The minimum Gasteiger partial charge on any atom is -0.475 e. The molecule has 0 bridgehead atoms. The topological polar surface area (TPSA) is 21.6 Å². The summed E-state index contributed by atoms with van der Waals surface area (Å²) in [4.78, 5) is 4.35. The molecule has 0 aromatic heterocycles. The lowest BCUT2D eigenvalue weighted by molar-refractivity contribution is 0.196. The third-order valence-corrected chi connectivity index (χ3v) is 1.81. The summed E-state index contributed by atoms with van der Waals surface area (Å²) in [5.74, 6) is 0.921. The zero-order chi connectivity index (χ0) is 8.48. The molecule has 0 saturated heterocycles. The molecule has 2 heteroatoms. The van der Waals surface area contributed by atoms with E-state index in [2.05, 4.69) is 32.7 Å². The number of nitrogens with zero attached hydrogens (tertiary/aromatic N) is 1. The lowest BCUT2D eigenvalue weighted by Gasteiger charge is -2.19. The fourth-order valence-corrected chi connectivity index (χ4v) is 1.04. The van der Waals surface area contributed by atoms with E-state index in [0.29, 0.717) is 6.10 Å². The molecule has 0 saturated carbocycles. The second-order valence-corrected chi connectivity index (χ2v) is 4.04. The minimum absolute atomic E-state index is 0.0872. The molecule has 1 aliphatic rings. The Morgan fingerprint density at radius 3 is 2.45 bits per heavy atom. The number of hydrogen-bond donors (Lipinski definition) is 0. The Hall–Kier alpha value is -0.530. The van der Waals surface area contributed by atoms with Crippen LogP contribution in [0, 0.1) is 5.41 Å². The van der Waals surface area contributed by atoms with Crippen LogP contribution in [0.4, 0.5) is 0 Å².